The fourth-order valence-corrected chi connectivity index (χ4v) is 3.51. The van der Waals surface area contributed by atoms with Gasteiger partial charge in [0.15, 0.2) is 0 Å². The van der Waals surface area contributed by atoms with E-state index in [0.717, 1.165) is 0 Å². The predicted octanol–water partition coefficient (Wildman–Crippen LogP) is 2.25. The summed E-state index contributed by atoms with van der Waals surface area (Å²) in [5, 5.41) is 30.6. The van der Waals surface area contributed by atoms with Crippen LogP contribution in [0.3, 0.4) is 0 Å². The van der Waals surface area contributed by atoms with Crippen LogP contribution in [-0.4, -0.2) is 57.2 Å². The summed E-state index contributed by atoms with van der Waals surface area (Å²) in [4.78, 5) is 32.6. The third-order valence-corrected chi connectivity index (χ3v) is 5.50. The predicted molar refractivity (Wildman–Crippen MR) is 149 cm³/mol. The molecular formula is C26H28ClN8O4-. The van der Waals surface area contributed by atoms with Gasteiger partial charge in [-0.05, 0) is 61.4 Å². The Morgan fingerprint density at radius 2 is 2.00 bits per heavy atom. The first-order chi connectivity index (χ1) is 18.6. The van der Waals surface area contributed by atoms with Crippen molar-refractivity contribution in [3.8, 4) is 0 Å². The second-order valence-electron chi connectivity index (χ2n) is 8.26. The van der Waals surface area contributed by atoms with E-state index in [1.54, 1.807) is 42.2 Å². The van der Waals surface area contributed by atoms with Crippen molar-refractivity contribution in [2.45, 2.75) is 25.9 Å². The summed E-state index contributed by atoms with van der Waals surface area (Å²) in [7, 11) is 1.60. The van der Waals surface area contributed by atoms with Crippen LogP contribution in [0.15, 0.2) is 70.8 Å². The topological polar surface area (TPSA) is 173 Å². The third kappa shape index (κ3) is 9.07. The number of amides is 1. The van der Waals surface area contributed by atoms with Gasteiger partial charge in [0.1, 0.15) is 12.4 Å². The van der Waals surface area contributed by atoms with E-state index in [2.05, 4.69) is 25.8 Å². The van der Waals surface area contributed by atoms with Gasteiger partial charge in [-0.25, -0.2) is 9.79 Å². The van der Waals surface area contributed by atoms with Crippen molar-refractivity contribution in [3.05, 3.63) is 82.6 Å². The number of carboxylic acids is 1. The monoisotopic (exact) mass is 551 g/mol. The van der Waals surface area contributed by atoms with Crippen molar-refractivity contribution in [2.24, 2.45) is 15.8 Å². The van der Waals surface area contributed by atoms with Crippen molar-refractivity contribution in [3.63, 3.8) is 0 Å². The lowest BCUT2D eigenvalue weighted by Crippen LogP contribution is -2.38. The van der Waals surface area contributed by atoms with Gasteiger partial charge in [-0.15, -0.1) is 0 Å². The highest BCUT2D eigenvalue weighted by Crippen LogP contribution is 2.24. The number of hydrogen-bond donors (Lipinski definition) is 4. The van der Waals surface area contributed by atoms with E-state index in [-0.39, 0.29) is 12.0 Å². The average Bonchev–Trinajstić information content (AvgIpc) is 3.36. The SMILES string of the molecule is CCn1ccc(C[C@H](N=C([O-])/C=C/c2cc(Cl)ccc2N=CNN(C)N)C(=O)Nc2ccc(C(=O)O)cc2)n1. The lowest BCUT2D eigenvalue weighted by molar-refractivity contribution is -0.212. The molecule has 0 bridgehead atoms. The molecule has 1 heterocycles. The maximum absolute atomic E-state index is 13.1. The maximum Gasteiger partial charge on any atom is 0.335 e. The van der Waals surface area contributed by atoms with Gasteiger partial charge in [-0.1, -0.05) is 23.8 Å². The number of hydrazine groups is 2. The normalized spacial score (nSPS) is 12.8. The van der Waals surface area contributed by atoms with Crippen LogP contribution in [0.5, 0.6) is 0 Å². The van der Waals surface area contributed by atoms with Gasteiger partial charge in [-0.3, -0.25) is 25.7 Å². The molecule has 39 heavy (non-hydrogen) atoms. The van der Waals surface area contributed by atoms with Gasteiger partial charge in [0.25, 0.3) is 0 Å². The van der Waals surface area contributed by atoms with Crippen LogP contribution in [0.2, 0.25) is 5.02 Å². The first kappa shape index (κ1) is 29.0. The van der Waals surface area contributed by atoms with Crippen LogP contribution in [-0.2, 0) is 17.8 Å². The first-order valence-electron chi connectivity index (χ1n) is 11.8. The van der Waals surface area contributed by atoms with Gasteiger partial charge in [-0.2, -0.15) is 10.2 Å². The molecule has 0 fully saturated rings. The van der Waals surface area contributed by atoms with Gasteiger partial charge < -0.3 is 15.5 Å². The number of carbonyl (C=O) groups is 2. The minimum Gasteiger partial charge on any atom is -0.859 e. The van der Waals surface area contributed by atoms with Crippen molar-refractivity contribution in [1.29, 1.82) is 0 Å². The number of rotatable bonds is 12. The second kappa shape index (κ2) is 13.9. The third-order valence-electron chi connectivity index (χ3n) is 5.27. The molecule has 0 saturated carbocycles. The van der Waals surface area contributed by atoms with Crippen LogP contribution in [0.4, 0.5) is 11.4 Å². The minimum atomic E-state index is -1.09. The highest BCUT2D eigenvalue weighted by atomic mass is 35.5. The lowest BCUT2D eigenvalue weighted by Gasteiger charge is -2.16. The second-order valence-corrected chi connectivity index (χ2v) is 8.69. The molecular weight excluding hydrogens is 524 g/mol. The van der Waals surface area contributed by atoms with Crippen molar-refractivity contribution < 1.29 is 19.8 Å². The van der Waals surface area contributed by atoms with Crippen LogP contribution >= 0.6 is 11.6 Å². The smallest absolute Gasteiger partial charge is 0.335 e. The summed E-state index contributed by atoms with van der Waals surface area (Å²) in [5.41, 5.74) is 4.79. The minimum absolute atomic E-state index is 0.0789. The van der Waals surface area contributed by atoms with Gasteiger partial charge in [0, 0.05) is 42.5 Å². The highest BCUT2D eigenvalue weighted by molar-refractivity contribution is 6.30. The Bertz CT molecular complexity index is 1380. The van der Waals surface area contributed by atoms with Crippen LogP contribution in [0.1, 0.15) is 28.5 Å². The van der Waals surface area contributed by atoms with Crippen molar-refractivity contribution in [1.82, 2.24) is 20.3 Å². The summed E-state index contributed by atoms with van der Waals surface area (Å²) in [6.07, 6.45) is 5.96. The molecule has 204 valence electrons. The zero-order chi connectivity index (χ0) is 28.4. The zero-order valence-corrected chi connectivity index (χ0v) is 22.0. The molecule has 0 aliphatic rings. The number of nitrogens with one attached hydrogen (secondary N) is 2. The summed E-state index contributed by atoms with van der Waals surface area (Å²) in [6, 6.07) is 11.3. The molecule has 3 aromatic rings. The molecule has 12 nitrogen and oxygen atoms in total. The van der Waals surface area contributed by atoms with E-state index in [1.807, 2.05) is 6.92 Å². The molecule has 5 N–H and O–H groups in total. The Kier molecular flexibility index (Phi) is 10.3. The Hall–Kier alpha value is -4.52. The average molecular weight is 552 g/mol. The molecule has 0 unspecified atom stereocenters. The number of hydrogen-bond acceptors (Lipinski definition) is 8. The number of aromatic carboxylic acids is 1. The largest absolute Gasteiger partial charge is 0.859 e. The number of carbonyl (C=O) groups excluding carboxylic acids is 1. The van der Waals surface area contributed by atoms with E-state index in [0.29, 0.717) is 34.2 Å². The zero-order valence-electron chi connectivity index (χ0n) is 21.3. The first-order valence-corrected chi connectivity index (χ1v) is 12.2. The molecule has 0 radical (unpaired) electrons. The fraction of sp³-hybridized carbons (Fsp3) is 0.192. The number of anilines is 1. The van der Waals surface area contributed by atoms with Crippen molar-refractivity contribution >= 4 is 53.2 Å². The Labute approximate surface area is 230 Å². The standard InChI is InChI=1S/C26H29ClN8O4/c1-3-35-13-12-21(33-35)15-23(25(37)31-20-8-4-17(5-9-20)26(38)39)32-24(36)11-6-18-14-19(27)7-10-22(18)29-16-30-34(2)28/h4-14,16,23H,3,15,28H2,1-2H3,(H,29,30)(H,31,37)(H,32,36)(H,38,39)/p-1/b11-6+/t23-/m0/s1. The van der Waals surface area contributed by atoms with Crippen LogP contribution in [0, 0.1) is 0 Å². The molecule has 1 aromatic heterocycles. The number of aromatic nitrogens is 2. The van der Waals surface area contributed by atoms with E-state index in [9.17, 15) is 14.7 Å². The number of carboxylic acid groups (broad SMARTS) is 1. The maximum atomic E-state index is 13.1. The van der Waals surface area contributed by atoms with Gasteiger partial charge in [0.2, 0.25) is 5.91 Å². The molecule has 13 heteroatoms. The number of nitrogens with two attached hydrogens (primary N) is 1. The van der Waals surface area contributed by atoms with Gasteiger partial charge >= 0.3 is 5.97 Å². The molecule has 2 aromatic carbocycles. The molecule has 0 saturated heterocycles. The van der Waals surface area contributed by atoms with E-state index in [1.165, 1.54) is 47.9 Å². The number of halogens is 1. The molecule has 3 rings (SSSR count). The number of benzene rings is 2. The molecule has 1 atom stereocenters. The lowest BCUT2D eigenvalue weighted by atomic mass is 10.1. The summed E-state index contributed by atoms with van der Waals surface area (Å²) in [5.74, 6) is 3.22. The van der Waals surface area contributed by atoms with E-state index in [4.69, 9.17) is 22.6 Å². The van der Waals surface area contributed by atoms with E-state index < -0.39 is 23.8 Å². The molecule has 0 aliphatic carbocycles. The van der Waals surface area contributed by atoms with Crippen LogP contribution < -0.4 is 21.7 Å². The number of nitrogens with zero attached hydrogens (tertiary/aromatic N) is 5. The molecule has 1 amide bonds. The van der Waals surface area contributed by atoms with Crippen molar-refractivity contribution in [2.75, 3.05) is 12.4 Å². The Morgan fingerprint density at radius 3 is 2.64 bits per heavy atom. The number of aliphatic imine (C=N–C) groups is 2. The van der Waals surface area contributed by atoms with Gasteiger partial charge in [0.05, 0.1) is 16.9 Å². The number of aryl methyl sites for hydroxylation is 1. The summed E-state index contributed by atoms with van der Waals surface area (Å²) < 4.78 is 1.70. The van der Waals surface area contributed by atoms with Crippen LogP contribution in [0.25, 0.3) is 6.08 Å². The highest BCUT2D eigenvalue weighted by Gasteiger charge is 2.19. The Balaban J connectivity index is 1.84. The quantitative estimate of drug-likeness (QED) is 0.115. The molecule has 0 aliphatic heterocycles. The van der Waals surface area contributed by atoms with E-state index >= 15 is 0 Å². The summed E-state index contributed by atoms with van der Waals surface area (Å²) >= 11 is 6.12. The fourth-order valence-electron chi connectivity index (χ4n) is 3.33. The summed E-state index contributed by atoms with van der Waals surface area (Å²) in [6.45, 7) is 2.58. The molecule has 0 spiro atoms. The Morgan fingerprint density at radius 1 is 1.26 bits per heavy atom.